The van der Waals surface area contributed by atoms with Gasteiger partial charge in [0.1, 0.15) is 11.2 Å². The van der Waals surface area contributed by atoms with Gasteiger partial charge in [-0.05, 0) is 0 Å². The third kappa shape index (κ3) is 1.41. The van der Waals surface area contributed by atoms with Gasteiger partial charge in [-0.25, -0.2) is 4.98 Å². The summed E-state index contributed by atoms with van der Waals surface area (Å²) >= 11 is 5.59. The molecule has 0 aliphatic carbocycles. The molecule has 0 saturated heterocycles. The van der Waals surface area contributed by atoms with Crippen LogP contribution in [0, 0.1) is 11.3 Å². The van der Waals surface area contributed by atoms with Gasteiger partial charge in [0, 0.05) is 6.07 Å². The van der Waals surface area contributed by atoms with Gasteiger partial charge in [0.25, 0.3) is 0 Å². The Morgan fingerprint density at radius 1 is 1.75 bits per heavy atom. The summed E-state index contributed by atoms with van der Waals surface area (Å²) < 4.78 is 4.85. The van der Waals surface area contributed by atoms with Crippen molar-refractivity contribution in [3.63, 3.8) is 0 Å². The van der Waals surface area contributed by atoms with Crippen LogP contribution in [0.15, 0.2) is 6.07 Å². The van der Waals surface area contributed by atoms with Gasteiger partial charge in [-0.15, -0.1) is 0 Å². The molecule has 1 rings (SSSR count). The summed E-state index contributed by atoms with van der Waals surface area (Å²) in [6.45, 7) is 0. The van der Waals surface area contributed by atoms with E-state index in [9.17, 15) is 0 Å². The molecule has 0 bridgehead atoms. The number of nitrogens with two attached hydrogens (primary N) is 1. The smallest absolute Gasteiger partial charge is 0.167 e. The number of aromatic nitrogens is 1. The van der Waals surface area contributed by atoms with E-state index in [0.717, 1.165) is 0 Å². The highest BCUT2D eigenvalue weighted by atomic mass is 35.5. The summed E-state index contributed by atoms with van der Waals surface area (Å²) in [5, 5.41) is 8.65. The number of hydrogen-bond donors (Lipinski definition) is 1. The first-order valence-corrected chi connectivity index (χ1v) is 3.47. The Kier molecular flexibility index (Phi) is 2.36. The standard InChI is InChI=1S/C7H6ClN3O/c1-12-5-2-4(3-9)6(8)11-7(5)10/h2H,1H3,(H2,10,11). The summed E-state index contributed by atoms with van der Waals surface area (Å²) in [7, 11) is 1.45. The Bertz CT molecular complexity index is 345. The van der Waals surface area contributed by atoms with Crippen molar-refractivity contribution in [3.8, 4) is 11.8 Å². The van der Waals surface area contributed by atoms with Crippen molar-refractivity contribution in [2.75, 3.05) is 12.8 Å². The highest BCUT2D eigenvalue weighted by Gasteiger charge is 2.07. The second-order valence-electron chi connectivity index (χ2n) is 2.03. The van der Waals surface area contributed by atoms with Crippen LogP contribution in [0.25, 0.3) is 0 Å². The van der Waals surface area contributed by atoms with Crippen LogP contribution < -0.4 is 10.5 Å². The Balaban J connectivity index is 3.30. The summed E-state index contributed by atoms with van der Waals surface area (Å²) in [6.07, 6.45) is 0. The van der Waals surface area contributed by atoms with Gasteiger partial charge in [-0.2, -0.15) is 5.26 Å². The number of methoxy groups -OCH3 is 1. The SMILES string of the molecule is COc1cc(C#N)c(Cl)nc1N. The van der Waals surface area contributed by atoms with Crippen molar-refractivity contribution in [3.05, 3.63) is 16.8 Å². The first-order chi connectivity index (χ1) is 5.69. The van der Waals surface area contributed by atoms with Gasteiger partial charge in [0.05, 0.1) is 12.7 Å². The van der Waals surface area contributed by atoms with Gasteiger partial charge < -0.3 is 10.5 Å². The molecule has 1 aromatic heterocycles. The highest BCUT2D eigenvalue weighted by molar-refractivity contribution is 6.30. The average Bonchev–Trinajstić information content (AvgIpc) is 2.05. The first kappa shape index (κ1) is 8.62. The second-order valence-corrected chi connectivity index (χ2v) is 2.38. The summed E-state index contributed by atoms with van der Waals surface area (Å²) in [6, 6.07) is 3.32. The molecule has 62 valence electrons. The van der Waals surface area contributed by atoms with E-state index in [2.05, 4.69) is 4.98 Å². The second kappa shape index (κ2) is 3.28. The number of hydrogen-bond acceptors (Lipinski definition) is 4. The Morgan fingerprint density at radius 2 is 2.42 bits per heavy atom. The van der Waals surface area contributed by atoms with E-state index in [4.69, 9.17) is 27.3 Å². The van der Waals surface area contributed by atoms with Crippen molar-refractivity contribution in [1.82, 2.24) is 4.98 Å². The van der Waals surface area contributed by atoms with E-state index in [1.54, 1.807) is 0 Å². The number of nitriles is 1. The Hall–Kier alpha value is -1.47. The molecule has 0 aliphatic heterocycles. The van der Waals surface area contributed by atoms with Crippen LogP contribution in [-0.4, -0.2) is 12.1 Å². The van der Waals surface area contributed by atoms with Crippen LogP contribution >= 0.6 is 11.6 Å². The fourth-order valence-electron chi connectivity index (χ4n) is 0.728. The first-order valence-electron chi connectivity index (χ1n) is 3.09. The predicted molar refractivity (Wildman–Crippen MR) is 44.9 cm³/mol. The molecule has 0 atom stereocenters. The monoisotopic (exact) mass is 183 g/mol. The quantitative estimate of drug-likeness (QED) is 0.664. The molecule has 0 unspecified atom stereocenters. The number of halogens is 1. The van der Waals surface area contributed by atoms with Crippen LogP contribution in [-0.2, 0) is 0 Å². The maximum Gasteiger partial charge on any atom is 0.167 e. The van der Waals surface area contributed by atoms with Gasteiger partial charge in [0.2, 0.25) is 0 Å². The summed E-state index contributed by atoms with van der Waals surface area (Å²) in [5.74, 6) is 0.539. The van der Waals surface area contributed by atoms with E-state index in [-0.39, 0.29) is 16.5 Å². The van der Waals surface area contributed by atoms with Crippen molar-refractivity contribution in [2.24, 2.45) is 0 Å². The number of nitrogen functional groups attached to an aromatic ring is 1. The number of pyridine rings is 1. The lowest BCUT2D eigenvalue weighted by molar-refractivity contribution is 0.415. The lowest BCUT2D eigenvalue weighted by Crippen LogP contribution is -1.97. The zero-order valence-corrected chi connectivity index (χ0v) is 7.09. The van der Waals surface area contributed by atoms with E-state index >= 15 is 0 Å². The summed E-state index contributed by atoms with van der Waals surface area (Å²) in [5.41, 5.74) is 5.68. The lowest BCUT2D eigenvalue weighted by atomic mass is 10.3. The molecular weight excluding hydrogens is 178 g/mol. The molecule has 0 spiro atoms. The van der Waals surface area contributed by atoms with Crippen LogP contribution in [0.5, 0.6) is 5.75 Å². The third-order valence-corrected chi connectivity index (χ3v) is 1.60. The van der Waals surface area contributed by atoms with Crippen LogP contribution in [0.2, 0.25) is 5.15 Å². The van der Waals surface area contributed by atoms with Gasteiger partial charge in [-0.3, -0.25) is 0 Å². The molecule has 4 nitrogen and oxygen atoms in total. The zero-order valence-electron chi connectivity index (χ0n) is 6.34. The molecule has 0 saturated carbocycles. The van der Waals surface area contributed by atoms with Crippen molar-refractivity contribution >= 4 is 17.4 Å². The van der Waals surface area contributed by atoms with Gasteiger partial charge in [-0.1, -0.05) is 11.6 Å². The fourth-order valence-corrected chi connectivity index (χ4v) is 0.915. The van der Waals surface area contributed by atoms with E-state index < -0.39 is 0 Å². The van der Waals surface area contributed by atoms with Crippen LogP contribution in [0.3, 0.4) is 0 Å². The minimum atomic E-state index is 0.0933. The number of anilines is 1. The minimum absolute atomic E-state index is 0.0933. The molecule has 0 aliphatic rings. The van der Waals surface area contributed by atoms with E-state index in [1.165, 1.54) is 13.2 Å². The molecular formula is C7H6ClN3O. The molecule has 5 heteroatoms. The summed E-state index contributed by atoms with van der Waals surface area (Å²) in [4.78, 5) is 3.71. The molecule has 0 amide bonds. The van der Waals surface area contributed by atoms with E-state index in [1.807, 2.05) is 6.07 Å². The Labute approximate surface area is 74.5 Å². The lowest BCUT2D eigenvalue weighted by Gasteiger charge is -2.03. The van der Waals surface area contributed by atoms with Crippen molar-refractivity contribution in [2.45, 2.75) is 0 Å². The number of rotatable bonds is 1. The van der Waals surface area contributed by atoms with Crippen molar-refractivity contribution in [1.29, 1.82) is 5.26 Å². The zero-order chi connectivity index (χ0) is 9.14. The number of ether oxygens (including phenoxy) is 1. The molecule has 0 fully saturated rings. The fraction of sp³-hybridized carbons (Fsp3) is 0.143. The van der Waals surface area contributed by atoms with E-state index in [0.29, 0.717) is 5.75 Å². The average molecular weight is 184 g/mol. The highest BCUT2D eigenvalue weighted by Crippen LogP contribution is 2.24. The maximum absolute atomic E-state index is 8.56. The molecule has 1 aromatic rings. The van der Waals surface area contributed by atoms with Crippen LogP contribution in [0.1, 0.15) is 5.56 Å². The molecule has 1 heterocycles. The normalized spacial score (nSPS) is 9.08. The molecule has 0 radical (unpaired) electrons. The third-order valence-electron chi connectivity index (χ3n) is 1.31. The van der Waals surface area contributed by atoms with Crippen LogP contribution in [0.4, 0.5) is 5.82 Å². The Morgan fingerprint density at radius 3 is 2.92 bits per heavy atom. The number of nitrogens with zero attached hydrogens (tertiary/aromatic N) is 2. The molecule has 0 aromatic carbocycles. The minimum Gasteiger partial charge on any atom is -0.493 e. The van der Waals surface area contributed by atoms with Gasteiger partial charge in [0.15, 0.2) is 11.6 Å². The topological polar surface area (TPSA) is 71.9 Å². The maximum atomic E-state index is 8.56. The van der Waals surface area contributed by atoms with Gasteiger partial charge >= 0.3 is 0 Å². The molecule has 2 N–H and O–H groups in total. The molecule has 12 heavy (non-hydrogen) atoms. The predicted octanol–water partition coefficient (Wildman–Crippen LogP) is 1.20. The van der Waals surface area contributed by atoms with Crippen molar-refractivity contribution < 1.29 is 4.74 Å². The largest absolute Gasteiger partial charge is 0.493 e.